The van der Waals surface area contributed by atoms with Gasteiger partial charge in [0.1, 0.15) is 5.52 Å². The molecule has 0 aliphatic rings. The Bertz CT molecular complexity index is 612. The highest BCUT2D eigenvalue weighted by atomic mass is 15.0. The molecule has 0 unspecified atom stereocenters. The van der Waals surface area contributed by atoms with Crippen molar-refractivity contribution in [2.75, 3.05) is 5.73 Å². The molecule has 0 spiro atoms. The van der Waals surface area contributed by atoms with Gasteiger partial charge in [0.15, 0.2) is 5.95 Å². The number of anilines is 1. The Hall–Kier alpha value is -2.10. The number of rotatable bonds is 0. The Morgan fingerprint density at radius 2 is 2.07 bits per heavy atom. The first kappa shape index (κ1) is 7.32. The van der Waals surface area contributed by atoms with Crippen molar-refractivity contribution in [3.05, 3.63) is 30.5 Å². The van der Waals surface area contributed by atoms with E-state index in [4.69, 9.17) is 5.73 Å². The Labute approximate surface area is 79.8 Å². The first-order chi connectivity index (χ1) is 6.84. The van der Waals surface area contributed by atoms with E-state index >= 15 is 0 Å². The van der Waals surface area contributed by atoms with E-state index in [9.17, 15) is 0 Å². The van der Waals surface area contributed by atoms with Crippen LogP contribution in [0.25, 0.3) is 21.9 Å². The van der Waals surface area contributed by atoms with Crippen LogP contribution in [0, 0.1) is 0 Å². The minimum atomic E-state index is 0.429. The third kappa shape index (κ3) is 0.877. The van der Waals surface area contributed by atoms with Gasteiger partial charge in [-0.25, -0.2) is 4.98 Å². The summed E-state index contributed by atoms with van der Waals surface area (Å²) in [5.74, 6) is 0.429. The van der Waals surface area contributed by atoms with Crippen molar-refractivity contribution >= 4 is 27.9 Å². The molecular weight excluding hydrogens is 176 g/mol. The molecule has 0 saturated heterocycles. The van der Waals surface area contributed by atoms with E-state index in [1.54, 1.807) is 6.20 Å². The molecule has 3 aromatic rings. The predicted octanol–water partition coefficient (Wildman–Crippen LogP) is 1.69. The number of pyridine rings is 1. The number of hydrogen-bond donors (Lipinski definition) is 2. The van der Waals surface area contributed by atoms with E-state index < -0.39 is 0 Å². The Morgan fingerprint density at radius 1 is 1.21 bits per heavy atom. The van der Waals surface area contributed by atoms with Crippen molar-refractivity contribution in [2.24, 2.45) is 0 Å². The lowest BCUT2D eigenvalue weighted by Gasteiger charge is -1.95. The van der Waals surface area contributed by atoms with Crippen LogP contribution in [0.1, 0.15) is 0 Å². The number of benzene rings is 1. The van der Waals surface area contributed by atoms with Crippen LogP contribution in [0.3, 0.4) is 0 Å². The molecule has 14 heavy (non-hydrogen) atoms. The lowest BCUT2D eigenvalue weighted by molar-refractivity contribution is 1.35. The maximum atomic E-state index is 5.59. The summed E-state index contributed by atoms with van der Waals surface area (Å²) in [4.78, 5) is 11.5. The SMILES string of the molecule is Nc1nc2c(cnc3ccccc32)[nH]1. The zero-order chi connectivity index (χ0) is 9.54. The van der Waals surface area contributed by atoms with Crippen LogP contribution in [-0.4, -0.2) is 15.0 Å². The van der Waals surface area contributed by atoms with Crippen molar-refractivity contribution in [3.63, 3.8) is 0 Å². The number of nitrogens with two attached hydrogens (primary N) is 1. The minimum absolute atomic E-state index is 0.429. The first-order valence-electron chi connectivity index (χ1n) is 4.33. The molecule has 0 fully saturated rings. The number of fused-ring (bicyclic) bond motifs is 3. The normalized spacial score (nSPS) is 11.1. The third-order valence-corrected chi connectivity index (χ3v) is 2.24. The summed E-state index contributed by atoms with van der Waals surface area (Å²) in [5, 5.41) is 1.03. The zero-order valence-corrected chi connectivity index (χ0v) is 7.36. The molecule has 0 amide bonds. The van der Waals surface area contributed by atoms with Crippen molar-refractivity contribution in [1.82, 2.24) is 15.0 Å². The second kappa shape index (κ2) is 2.45. The highest BCUT2D eigenvalue weighted by Crippen LogP contribution is 2.21. The summed E-state index contributed by atoms with van der Waals surface area (Å²) in [7, 11) is 0. The fraction of sp³-hybridized carbons (Fsp3) is 0. The van der Waals surface area contributed by atoms with E-state index in [0.717, 1.165) is 21.9 Å². The third-order valence-electron chi connectivity index (χ3n) is 2.24. The van der Waals surface area contributed by atoms with Crippen molar-refractivity contribution < 1.29 is 0 Å². The van der Waals surface area contributed by atoms with Gasteiger partial charge in [-0.1, -0.05) is 18.2 Å². The van der Waals surface area contributed by atoms with Crippen molar-refractivity contribution in [2.45, 2.75) is 0 Å². The topological polar surface area (TPSA) is 67.6 Å². The largest absolute Gasteiger partial charge is 0.369 e. The zero-order valence-electron chi connectivity index (χ0n) is 7.36. The highest BCUT2D eigenvalue weighted by molar-refractivity contribution is 6.02. The first-order valence-corrected chi connectivity index (χ1v) is 4.33. The van der Waals surface area contributed by atoms with Gasteiger partial charge in [-0.2, -0.15) is 0 Å². The molecular formula is C10H8N4. The van der Waals surface area contributed by atoms with E-state index in [2.05, 4.69) is 15.0 Å². The minimum Gasteiger partial charge on any atom is -0.369 e. The van der Waals surface area contributed by atoms with Gasteiger partial charge in [-0.3, -0.25) is 4.98 Å². The fourth-order valence-corrected chi connectivity index (χ4v) is 1.63. The van der Waals surface area contributed by atoms with Gasteiger partial charge in [0.05, 0.1) is 17.2 Å². The van der Waals surface area contributed by atoms with Gasteiger partial charge in [-0.15, -0.1) is 0 Å². The summed E-state index contributed by atoms with van der Waals surface area (Å²) in [5.41, 5.74) is 8.28. The van der Waals surface area contributed by atoms with Crippen LogP contribution in [0.15, 0.2) is 30.5 Å². The van der Waals surface area contributed by atoms with Crippen LogP contribution in [0.2, 0.25) is 0 Å². The van der Waals surface area contributed by atoms with Crippen LogP contribution < -0.4 is 5.73 Å². The molecule has 2 aromatic heterocycles. The van der Waals surface area contributed by atoms with E-state index in [1.807, 2.05) is 24.3 Å². The number of para-hydroxylation sites is 1. The number of nitrogens with zero attached hydrogens (tertiary/aromatic N) is 2. The molecule has 4 nitrogen and oxygen atoms in total. The fourth-order valence-electron chi connectivity index (χ4n) is 1.63. The van der Waals surface area contributed by atoms with E-state index in [-0.39, 0.29) is 0 Å². The summed E-state index contributed by atoms with van der Waals surface area (Å²) in [6, 6.07) is 7.87. The molecule has 1 aromatic carbocycles. The van der Waals surface area contributed by atoms with Gasteiger partial charge < -0.3 is 10.7 Å². The number of hydrogen-bond acceptors (Lipinski definition) is 3. The standard InChI is InChI=1S/C10H8N4/c11-10-13-8-5-12-7-4-2-1-3-6(7)9(8)14-10/h1-5H,(H3,11,13,14). The number of H-pyrrole nitrogens is 1. The number of aromatic amines is 1. The Balaban J connectivity index is 2.60. The molecule has 0 aliphatic carbocycles. The maximum absolute atomic E-state index is 5.59. The average Bonchev–Trinajstić information content (AvgIpc) is 2.59. The molecule has 68 valence electrons. The van der Waals surface area contributed by atoms with Crippen molar-refractivity contribution in [3.8, 4) is 0 Å². The molecule has 2 heterocycles. The van der Waals surface area contributed by atoms with Crippen LogP contribution in [0.4, 0.5) is 5.95 Å². The van der Waals surface area contributed by atoms with Gasteiger partial charge in [0.2, 0.25) is 0 Å². The van der Waals surface area contributed by atoms with E-state index in [1.165, 1.54) is 0 Å². The molecule has 0 radical (unpaired) electrons. The number of nitrogens with one attached hydrogen (secondary N) is 1. The molecule has 4 heteroatoms. The molecule has 3 N–H and O–H groups in total. The summed E-state index contributed by atoms with van der Waals surface area (Å²) in [6.07, 6.45) is 1.75. The Kier molecular flexibility index (Phi) is 1.28. The lowest BCUT2D eigenvalue weighted by atomic mass is 10.2. The lowest BCUT2D eigenvalue weighted by Crippen LogP contribution is -1.84. The summed E-state index contributed by atoms with van der Waals surface area (Å²) in [6.45, 7) is 0. The molecule has 0 aliphatic heterocycles. The number of aromatic nitrogens is 3. The molecule has 0 atom stereocenters. The maximum Gasteiger partial charge on any atom is 0.198 e. The van der Waals surface area contributed by atoms with Crippen LogP contribution in [-0.2, 0) is 0 Å². The summed E-state index contributed by atoms with van der Waals surface area (Å²) >= 11 is 0. The average molecular weight is 184 g/mol. The quantitative estimate of drug-likeness (QED) is 0.558. The molecule has 0 bridgehead atoms. The molecule has 3 rings (SSSR count). The van der Waals surface area contributed by atoms with Gasteiger partial charge in [0.25, 0.3) is 0 Å². The smallest absolute Gasteiger partial charge is 0.198 e. The Morgan fingerprint density at radius 3 is 3.00 bits per heavy atom. The summed E-state index contributed by atoms with van der Waals surface area (Å²) < 4.78 is 0. The molecule has 0 saturated carbocycles. The monoisotopic (exact) mass is 184 g/mol. The second-order valence-corrected chi connectivity index (χ2v) is 3.16. The highest BCUT2D eigenvalue weighted by Gasteiger charge is 2.04. The van der Waals surface area contributed by atoms with Crippen LogP contribution >= 0.6 is 0 Å². The van der Waals surface area contributed by atoms with Crippen molar-refractivity contribution in [1.29, 1.82) is 0 Å². The van der Waals surface area contributed by atoms with Crippen LogP contribution in [0.5, 0.6) is 0 Å². The number of nitrogen functional groups attached to an aromatic ring is 1. The van der Waals surface area contributed by atoms with Gasteiger partial charge in [0, 0.05) is 5.39 Å². The van der Waals surface area contributed by atoms with Gasteiger partial charge >= 0.3 is 0 Å². The van der Waals surface area contributed by atoms with Gasteiger partial charge in [-0.05, 0) is 6.07 Å². The van der Waals surface area contributed by atoms with E-state index in [0.29, 0.717) is 5.95 Å². The predicted molar refractivity (Wildman–Crippen MR) is 55.8 cm³/mol. The number of imidazole rings is 1. The second-order valence-electron chi connectivity index (χ2n) is 3.16.